The van der Waals surface area contributed by atoms with Crippen LogP contribution in [0.3, 0.4) is 0 Å². The Kier molecular flexibility index (Phi) is 6.90. The number of phenolic OH excluding ortho intramolecular Hbond substituents is 1. The first-order valence-electron chi connectivity index (χ1n) is 9.95. The number of aromatic nitrogens is 2. The molecule has 0 saturated heterocycles. The monoisotopic (exact) mass is 522 g/mol. The highest BCUT2D eigenvalue weighted by Crippen LogP contribution is 2.23. The van der Waals surface area contributed by atoms with Gasteiger partial charge in [-0.25, -0.2) is 10.4 Å². The first kappa shape index (κ1) is 22.8. The number of halogens is 1. The van der Waals surface area contributed by atoms with Crippen LogP contribution < -0.4 is 11.0 Å². The number of hydrazone groups is 1. The number of para-hydroxylation sites is 2. The van der Waals surface area contributed by atoms with E-state index in [2.05, 4.69) is 31.4 Å². The lowest BCUT2D eigenvalue weighted by molar-refractivity contribution is -0.118. The summed E-state index contributed by atoms with van der Waals surface area (Å²) in [6, 6.07) is 19.6. The van der Waals surface area contributed by atoms with E-state index in [9.17, 15) is 14.7 Å². The molecule has 4 aromatic rings. The topological polar surface area (TPSA) is 96.6 Å². The van der Waals surface area contributed by atoms with E-state index in [1.54, 1.807) is 34.9 Å². The third kappa shape index (κ3) is 5.15. The van der Waals surface area contributed by atoms with Crippen molar-refractivity contribution >= 4 is 50.7 Å². The van der Waals surface area contributed by atoms with E-state index in [1.807, 2.05) is 37.3 Å². The minimum absolute atomic E-state index is 0.00152. The van der Waals surface area contributed by atoms with Crippen LogP contribution in [0.5, 0.6) is 5.75 Å². The number of fused-ring (bicyclic) bond motifs is 1. The standard InChI is InChI=1S/C24H19BrN4O3S/c1-15-6-2-5-9-20(15)29-23(32)18-7-3-4-8-19(18)27-24(29)33-14-22(31)28-26-13-16-12-17(25)10-11-21(16)30/h2-13,30H,14H2,1H3,(H,28,31)/b26-13-. The van der Waals surface area contributed by atoms with Gasteiger partial charge in [0.05, 0.1) is 28.6 Å². The summed E-state index contributed by atoms with van der Waals surface area (Å²) < 4.78 is 2.32. The molecule has 0 aliphatic carbocycles. The van der Waals surface area contributed by atoms with Gasteiger partial charge in [0.2, 0.25) is 0 Å². The minimum atomic E-state index is -0.371. The fraction of sp³-hybridized carbons (Fsp3) is 0.0833. The van der Waals surface area contributed by atoms with Crippen LogP contribution in [-0.4, -0.2) is 32.5 Å². The zero-order valence-electron chi connectivity index (χ0n) is 17.5. The van der Waals surface area contributed by atoms with E-state index in [4.69, 9.17) is 0 Å². The molecule has 0 spiro atoms. The second kappa shape index (κ2) is 10.0. The highest BCUT2D eigenvalue weighted by Gasteiger charge is 2.15. The minimum Gasteiger partial charge on any atom is -0.507 e. The van der Waals surface area contributed by atoms with Gasteiger partial charge in [-0.05, 0) is 48.9 Å². The third-order valence-corrected chi connectivity index (χ3v) is 6.25. The Morgan fingerprint density at radius 1 is 1.18 bits per heavy atom. The molecule has 33 heavy (non-hydrogen) atoms. The van der Waals surface area contributed by atoms with Crippen molar-refractivity contribution in [3.8, 4) is 11.4 Å². The summed E-state index contributed by atoms with van der Waals surface area (Å²) in [5, 5.41) is 14.7. The molecule has 3 aromatic carbocycles. The lowest BCUT2D eigenvalue weighted by Gasteiger charge is -2.14. The average Bonchev–Trinajstić information content (AvgIpc) is 2.81. The molecule has 0 aliphatic heterocycles. The number of carbonyl (C=O) groups excluding carboxylic acids is 1. The Balaban J connectivity index is 1.58. The summed E-state index contributed by atoms with van der Waals surface area (Å²) in [5.74, 6) is -0.323. The van der Waals surface area contributed by atoms with Crippen molar-refractivity contribution in [2.24, 2.45) is 5.10 Å². The summed E-state index contributed by atoms with van der Waals surface area (Å²) >= 11 is 4.47. The quantitative estimate of drug-likeness (QED) is 0.169. The molecule has 0 radical (unpaired) electrons. The van der Waals surface area contributed by atoms with Crippen molar-refractivity contribution in [3.05, 3.63) is 92.7 Å². The SMILES string of the molecule is Cc1ccccc1-n1c(SCC(=O)N/N=C\c2cc(Br)ccc2O)nc2ccccc2c1=O. The van der Waals surface area contributed by atoms with Crippen molar-refractivity contribution in [1.82, 2.24) is 15.0 Å². The number of hydrogen-bond donors (Lipinski definition) is 2. The first-order chi connectivity index (χ1) is 15.9. The molecule has 0 aliphatic rings. The number of benzene rings is 3. The fourth-order valence-electron chi connectivity index (χ4n) is 3.20. The number of rotatable bonds is 6. The second-order valence-electron chi connectivity index (χ2n) is 7.12. The van der Waals surface area contributed by atoms with Crippen molar-refractivity contribution in [2.45, 2.75) is 12.1 Å². The summed E-state index contributed by atoms with van der Waals surface area (Å²) in [5.41, 5.74) is 4.91. The van der Waals surface area contributed by atoms with Crippen LogP contribution in [0.4, 0.5) is 0 Å². The molecule has 0 bridgehead atoms. The van der Waals surface area contributed by atoms with Crippen LogP contribution >= 0.6 is 27.7 Å². The van der Waals surface area contributed by atoms with E-state index in [-0.39, 0.29) is 23.0 Å². The Morgan fingerprint density at radius 3 is 2.76 bits per heavy atom. The second-order valence-corrected chi connectivity index (χ2v) is 8.98. The third-order valence-electron chi connectivity index (χ3n) is 4.82. The maximum absolute atomic E-state index is 13.3. The molecule has 1 amide bonds. The fourth-order valence-corrected chi connectivity index (χ4v) is 4.38. The van der Waals surface area contributed by atoms with E-state index < -0.39 is 0 Å². The average molecular weight is 523 g/mol. The Labute approximate surface area is 202 Å². The molecule has 4 rings (SSSR count). The highest BCUT2D eigenvalue weighted by molar-refractivity contribution is 9.10. The maximum Gasteiger partial charge on any atom is 0.266 e. The number of aromatic hydroxyl groups is 1. The molecule has 0 atom stereocenters. The molecule has 2 N–H and O–H groups in total. The van der Waals surface area contributed by atoms with Crippen LogP contribution in [0.1, 0.15) is 11.1 Å². The van der Waals surface area contributed by atoms with Crippen LogP contribution in [0.25, 0.3) is 16.6 Å². The molecule has 7 nitrogen and oxygen atoms in total. The molecule has 0 unspecified atom stereocenters. The first-order valence-corrected chi connectivity index (χ1v) is 11.7. The van der Waals surface area contributed by atoms with Gasteiger partial charge >= 0.3 is 0 Å². The smallest absolute Gasteiger partial charge is 0.266 e. The van der Waals surface area contributed by atoms with Gasteiger partial charge in [0, 0.05) is 10.0 Å². The molecule has 1 heterocycles. The summed E-state index contributed by atoms with van der Waals surface area (Å²) in [7, 11) is 0. The van der Waals surface area contributed by atoms with E-state index in [0.29, 0.717) is 27.3 Å². The Morgan fingerprint density at radius 2 is 1.94 bits per heavy atom. The van der Waals surface area contributed by atoms with E-state index in [1.165, 1.54) is 12.3 Å². The van der Waals surface area contributed by atoms with Crippen LogP contribution in [0.2, 0.25) is 0 Å². The predicted octanol–water partition coefficient (Wildman–Crippen LogP) is 4.40. The van der Waals surface area contributed by atoms with Crippen LogP contribution in [0, 0.1) is 6.92 Å². The largest absolute Gasteiger partial charge is 0.507 e. The van der Waals surface area contributed by atoms with E-state index >= 15 is 0 Å². The lowest BCUT2D eigenvalue weighted by atomic mass is 10.2. The number of thioether (sulfide) groups is 1. The lowest BCUT2D eigenvalue weighted by Crippen LogP contribution is -2.24. The highest BCUT2D eigenvalue weighted by atomic mass is 79.9. The number of carbonyl (C=O) groups is 1. The molecule has 0 saturated carbocycles. The van der Waals surface area contributed by atoms with Crippen molar-refractivity contribution in [1.29, 1.82) is 0 Å². The van der Waals surface area contributed by atoms with Gasteiger partial charge in [-0.2, -0.15) is 5.10 Å². The molecule has 1 aromatic heterocycles. The predicted molar refractivity (Wildman–Crippen MR) is 134 cm³/mol. The normalized spacial score (nSPS) is 11.2. The Hall–Kier alpha value is -3.43. The molecule has 166 valence electrons. The van der Waals surface area contributed by atoms with E-state index in [0.717, 1.165) is 21.8 Å². The zero-order valence-corrected chi connectivity index (χ0v) is 19.9. The van der Waals surface area contributed by atoms with Crippen molar-refractivity contribution in [3.63, 3.8) is 0 Å². The van der Waals surface area contributed by atoms with Gasteiger partial charge in [-0.15, -0.1) is 0 Å². The van der Waals surface area contributed by atoms with Gasteiger partial charge < -0.3 is 5.11 Å². The molecular weight excluding hydrogens is 504 g/mol. The summed E-state index contributed by atoms with van der Waals surface area (Å²) in [6.07, 6.45) is 1.36. The number of phenols is 1. The zero-order chi connectivity index (χ0) is 23.4. The summed E-state index contributed by atoms with van der Waals surface area (Å²) in [4.78, 5) is 30.3. The number of amides is 1. The van der Waals surface area contributed by atoms with Gasteiger partial charge in [-0.3, -0.25) is 14.2 Å². The van der Waals surface area contributed by atoms with Gasteiger partial charge in [-0.1, -0.05) is 58.0 Å². The van der Waals surface area contributed by atoms with Crippen LogP contribution in [0.15, 0.2) is 86.3 Å². The Bertz CT molecular complexity index is 1440. The molecule has 0 fully saturated rings. The van der Waals surface area contributed by atoms with Gasteiger partial charge in [0.25, 0.3) is 11.5 Å². The molecular formula is C24H19BrN4O3S. The number of aryl methyl sites for hydroxylation is 1. The van der Waals surface area contributed by atoms with Crippen molar-refractivity contribution < 1.29 is 9.90 Å². The molecule has 9 heteroatoms. The number of hydrogen-bond acceptors (Lipinski definition) is 6. The number of nitrogens with zero attached hydrogens (tertiary/aromatic N) is 3. The van der Waals surface area contributed by atoms with Crippen LogP contribution in [-0.2, 0) is 4.79 Å². The van der Waals surface area contributed by atoms with Gasteiger partial charge in [0.1, 0.15) is 5.75 Å². The maximum atomic E-state index is 13.3. The summed E-state index contributed by atoms with van der Waals surface area (Å²) in [6.45, 7) is 1.92. The number of nitrogens with one attached hydrogen (secondary N) is 1. The van der Waals surface area contributed by atoms with Crippen molar-refractivity contribution in [2.75, 3.05) is 5.75 Å². The van der Waals surface area contributed by atoms with Gasteiger partial charge in [0.15, 0.2) is 5.16 Å².